The monoisotopic (exact) mass is 1080 g/mol. The van der Waals surface area contributed by atoms with Crippen LogP contribution in [0.3, 0.4) is 0 Å². The number of ether oxygens (including phenoxy) is 2. The van der Waals surface area contributed by atoms with E-state index in [9.17, 15) is 29.1 Å². The Balaban J connectivity index is 0.641. The summed E-state index contributed by atoms with van der Waals surface area (Å²) in [5, 5.41) is 21.0. The number of phenols is 1. The van der Waals surface area contributed by atoms with Crippen LogP contribution in [-0.4, -0.2) is 171 Å². The number of hydrogen-bond acceptors (Lipinski definition) is 16. The molecule has 2 bridgehead atoms. The molecule has 4 N–H and O–H groups in total. The Bertz CT molecular complexity index is 3390. The second-order valence-electron chi connectivity index (χ2n) is 22.1. The number of hydrogen-bond donors (Lipinski definition) is 4. The van der Waals surface area contributed by atoms with Crippen LogP contribution in [0.25, 0.3) is 32.9 Å². The van der Waals surface area contributed by atoms with Crippen LogP contribution >= 0.6 is 0 Å². The van der Waals surface area contributed by atoms with Crippen LogP contribution in [0.5, 0.6) is 11.8 Å². The highest BCUT2D eigenvalue weighted by Crippen LogP contribution is 2.45. The summed E-state index contributed by atoms with van der Waals surface area (Å²) < 4.78 is 45.0. The van der Waals surface area contributed by atoms with Crippen molar-refractivity contribution in [2.75, 3.05) is 82.3 Å². The lowest BCUT2D eigenvalue weighted by Gasteiger charge is -2.36. The molecule has 5 aromatic rings. The summed E-state index contributed by atoms with van der Waals surface area (Å²) in [4.78, 5) is 87.6. The van der Waals surface area contributed by atoms with Crippen molar-refractivity contribution in [3.8, 4) is 35.4 Å². The van der Waals surface area contributed by atoms with Crippen molar-refractivity contribution in [1.82, 2.24) is 45.2 Å². The highest BCUT2D eigenvalue weighted by atomic mass is 19.1. The summed E-state index contributed by atoms with van der Waals surface area (Å²) in [6, 6.07) is 9.87. The number of phenolic OH excluding ortho intramolecular Hbond substituents is 1. The van der Waals surface area contributed by atoms with Gasteiger partial charge in [0.1, 0.15) is 47.9 Å². The lowest BCUT2D eigenvalue weighted by atomic mass is 9.94. The number of terminal acetylenes is 1. The molecular formula is C58H61F2N11O8. The van der Waals surface area contributed by atoms with E-state index in [2.05, 4.69) is 48.1 Å². The number of nitrogens with one attached hydrogen (secondary N) is 3. The van der Waals surface area contributed by atoms with Gasteiger partial charge >= 0.3 is 12.1 Å². The predicted octanol–water partition coefficient (Wildman–Crippen LogP) is 5.73. The number of nitrogens with zero attached hydrogens (tertiary/aromatic N) is 8. The van der Waals surface area contributed by atoms with E-state index in [-0.39, 0.29) is 101 Å². The van der Waals surface area contributed by atoms with Crippen LogP contribution in [-0.2, 0) is 14.3 Å². The zero-order valence-electron chi connectivity index (χ0n) is 43.7. The predicted molar refractivity (Wildman–Crippen MR) is 288 cm³/mol. The number of amides is 5. The Hall–Kier alpha value is -7.80. The molecule has 7 aliphatic heterocycles. The number of aromatic hydroxyl groups is 1. The molecular weight excluding hydrogens is 1020 g/mol. The highest BCUT2D eigenvalue weighted by molar-refractivity contribution is 6.23. The van der Waals surface area contributed by atoms with Gasteiger partial charge in [0, 0.05) is 99.7 Å². The number of pyridine rings is 1. The Morgan fingerprint density at radius 1 is 0.937 bits per heavy atom. The van der Waals surface area contributed by atoms with Crippen LogP contribution in [0.1, 0.15) is 90.5 Å². The largest absolute Gasteiger partial charge is 0.508 e. The van der Waals surface area contributed by atoms with Gasteiger partial charge in [-0.25, -0.2) is 13.6 Å². The number of piperidine rings is 1. The SMILES string of the molecule is C#Cc1c(F)ccc2cc(O)cc(-c3ncc4c(N5CC6CCC(C5)N6)nc(OC[C@@]56CC[C@@H](COC(=O)N7CCN(CCCCCNc8ccc9c(c8)C(=O)N(C8CCC(=O)NC8=O)C9=O)CC7)N5CC(=C)C6)nc4c3F)c12. The second-order valence-corrected chi connectivity index (χ2v) is 22.1. The number of piperazine rings is 2. The summed E-state index contributed by atoms with van der Waals surface area (Å²) in [5.41, 5.74) is 1.61. The van der Waals surface area contributed by atoms with E-state index in [1.165, 1.54) is 30.5 Å². The van der Waals surface area contributed by atoms with E-state index >= 15 is 8.78 Å². The van der Waals surface area contributed by atoms with Crippen LogP contribution in [0.15, 0.2) is 60.8 Å². The molecule has 12 rings (SSSR count). The summed E-state index contributed by atoms with van der Waals surface area (Å²) in [5.74, 6) is -0.838. The fourth-order valence-corrected chi connectivity index (χ4v) is 13.1. The molecule has 5 atom stereocenters. The van der Waals surface area contributed by atoms with Crippen molar-refractivity contribution in [1.29, 1.82) is 0 Å². The lowest BCUT2D eigenvalue weighted by Crippen LogP contribution is -2.54. The molecule has 410 valence electrons. The fourth-order valence-electron chi connectivity index (χ4n) is 13.1. The van der Waals surface area contributed by atoms with E-state index < -0.39 is 46.8 Å². The molecule has 6 saturated heterocycles. The van der Waals surface area contributed by atoms with Gasteiger partial charge in [0.05, 0.1) is 27.6 Å². The number of imide groups is 2. The van der Waals surface area contributed by atoms with E-state index in [1.807, 2.05) is 0 Å². The Labute approximate surface area is 454 Å². The van der Waals surface area contributed by atoms with Crippen molar-refractivity contribution in [3.05, 3.63) is 89.1 Å². The standard InChI is InChI=1S/C58H61F2N11O8/c1-3-40-45(59)12-7-34-23-39(72)25-43(48(34)40)50-49(60)51-44(27-62-50)52(69-29-36-8-9-37(30-69)63-36)66-56(65-51)79-32-58-16-15-38(70(58)28-33(2)26-58)31-78-57(77)68-21-19-67(20-22-68)18-6-4-5-17-61-35-10-11-41-42(24-35)55(76)71(54(41)75)46-13-14-47(73)64-53(46)74/h1,7,10-12,23-25,27,36-38,46,61,63,72H,2,4-6,8-9,13-22,26,28-32H2,(H,64,73,74)/t36?,37?,38-,46?,58-/m0/s1. The third-order valence-electron chi connectivity index (χ3n) is 17.0. The number of halogens is 2. The van der Waals surface area contributed by atoms with E-state index in [1.54, 1.807) is 23.1 Å². The first-order valence-corrected chi connectivity index (χ1v) is 27.3. The number of carbonyl (C=O) groups is 5. The molecule has 9 heterocycles. The van der Waals surface area contributed by atoms with Crippen molar-refractivity contribution in [2.45, 2.75) is 93.9 Å². The van der Waals surface area contributed by atoms with Crippen LogP contribution in [0, 0.1) is 24.0 Å². The van der Waals surface area contributed by atoms with Gasteiger partial charge in [-0.05, 0) is 99.7 Å². The van der Waals surface area contributed by atoms with E-state index in [4.69, 9.17) is 25.9 Å². The van der Waals surface area contributed by atoms with Crippen molar-refractivity contribution in [2.24, 2.45) is 0 Å². The molecule has 5 amide bonds. The molecule has 7 aliphatic rings. The average Bonchev–Trinajstić information content (AvgIpc) is 4.36. The number of unbranched alkanes of at least 4 members (excludes halogenated alkanes) is 2. The first-order valence-electron chi connectivity index (χ1n) is 27.3. The fraction of sp³-hybridized carbons (Fsp3) is 0.448. The molecule has 0 radical (unpaired) electrons. The maximum absolute atomic E-state index is 17.3. The third-order valence-corrected chi connectivity index (χ3v) is 17.0. The third kappa shape index (κ3) is 9.84. The smallest absolute Gasteiger partial charge is 0.409 e. The van der Waals surface area contributed by atoms with Gasteiger partial charge in [0.15, 0.2) is 5.82 Å². The Morgan fingerprint density at radius 2 is 1.73 bits per heavy atom. The minimum Gasteiger partial charge on any atom is -0.508 e. The van der Waals surface area contributed by atoms with Crippen LogP contribution < -0.4 is 25.6 Å². The Morgan fingerprint density at radius 3 is 2.52 bits per heavy atom. The summed E-state index contributed by atoms with van der Waals surface area (Å²) >= 11 is 0. The maximum atomic E-state index is 17.3. The van der Waals surface area contributed by atoms with Gasteiger partial charge in [-0.2, -0.15) is 9.97 Å². The molecule has 19 nitrogen and oxygen atoms in total. The minimum absolute atomic E-state index is 0.00633. The van der Waals surface area contributed by atoms with Crippen LogP contribution in [0.4, 0.5) is 25.1 Å². The van der Waals surface area contributed by atoms with E-state index in [0.717, 1.165) is 75.1 Å². The number of anilines is 2. The van der Waals surface area contributed by atoms with Crippen LogP contribution in [0.2, 0.25) is 0 Å². The summed E-state index contributed by atoms with van der Waals surface area (Å²) in [7, 11) is 0. The van der Waals surface area contributed by atoms with Crippen molar-refractivity contribution < 1.29 is 47.3 Å². The highest BCUT2D eigenvalue weighted by Gasteiger charge is 2.52. The van der Waals surface area contributed by atoms with Gasteiger partial charge in [0.25, 0.3) is 11.8 Å². The van der Waals surface area contributed by atoms with Gasteiger partial charge in [0.2, 0.25) is 11.8 Å². The van der Waals surface area contributed by atoms with Gasteiger partial charge in [-0.15, -0.1) is 6.42 Å². The Kier molecular flexibility index (Phi) is 13.9. The number of aromatic nitrogens is 3. The molecule has 0 aliphatic carbocycles. The zero-order chi connectivity index (χ0) is 54.7. The normalized spacial score (nSPS) is 24.1. The number of carbonyl (C=O) groups excluding carboxylic acids is 5. The number of fused-ring (bicyclic) bond motifs is 6. The first-order chi connectivity index (χ1) is 38.2. The van der Waals surface area contributed by atoms with Gasteiger partial charge in [-0.3, -0.25) is 44.2 Å². The number of benzene rings is 3. The molecule has 6 fully saturated rings. The lowest BCUT2D eigenvalue weighted by molar-refractivity contribution is -0.136. The molecule has 0 saturated carbocycles. The van der Waals surface area contributed by atoms with Gasteiger partial charge < -0.3 is 35.0 Å². The molecule has 3 unspecified atom stereocenters. The second kappa shape index (κ2) is 21.1. The summed E-state index contributed by atoms with van der Waals surface area (Å²) in [6.07, 6.45) is 14.1. The molecule has 3 aromatic carbocycles. The first kappa shape index (κ1) is 51.9. The maximum Gasteiger partial charge on any atom is 0.409 e. The zero-order valence-corrected chi connectivity index (χ0v) is 43.7. The van der Waals surface area contributed by atoms with Crippen molar-refractivity contribution in [3.63, 3.8) is 0 Å². The number of rotatable bonds is 15. The topological polar surface area (TPSA) is 215 Å². The minimum atomic E-state index is -1.01. The molecule has 2 aromatic heterocycles. The average molecular weight is 1080 g/mol. The van der Waals surface area contributed by atoms with Gasteiger partial charge in [-0.1, -0.05) is 30.6 Å². The molecule has 79 heavy (non-hydrogen) atoms. The summed E-state index contributed by atoms with van der Waals surface area (Å²) in [6.45, 7) is 10.8. The molecule has 21 heteroatoms. The van der Waals surface area contributed by atoms with Crippen molar-refractivity contribution >= 4 is 62.9 Å². The molecule has 0 spiro atoms. The van der Waals surface area contributed by atoms with E-state index in [0.29, 0.717) is 68.0 Å². The quantitative estimate of drug-likeness (QED) is 0.0426.